The molecule has 2 aromatic carbocycles. The first-order chi connectivity index (χ1) is 13.9. The third-order valence-electron chi connectivity index (χ3n) is 5.59. The van der Waals surface area contributed by atoms with E-state index in [4.69, 9.17) is 0 Å². The van der Waals surface area contributed by atoms with Gasteiger partial charge < -0.3 is 0 Å². The first kappa shape index (κ1) is 18.8. The van der Waals surface area contributed by atoms with E-state index < -0.39 is 11.3 Å². The predicted octanol–water partition coefficient (Wildman–Crippen LogP) is 4.01. The van der Waals surface area contributed by atoms with Gasteiger partial charge in [0.2, 0.25) is 0 Å². The molecule has 2 atom stereocenters. The Morgan fingerprint density at radius 1 is 0.897 bits per heavy atom. The number of hydrazone groups is 2. The van der Waals surface area contributed by atoms with Crippen molar-refractivity contribution in [2.75, 3.05) is 10.0 Å². The molecule has 29 heavy (non-hydrogen) atoms. The monoisotopic (exact) mass is 386 g/mol. The normalized spacial score (nSPS) is 24.0. The standard InChI is InChI=1S/C23H22N4O2/c1-15(2)23(17(4)25-27(22(23)29)19-13-9-6-10-14-19)20-16(3)24-26(21(20)28)18-11-7-5-8-12-18/h5-14,20H,1H2,2-4H3/t20-,23+/m1/s1. The highest BCUT2D eigenvalue weighted by molar-refractivity contribution is 6.29. The van der Waals surface area contributed by atoms with E-state index >= 15 is 0 Å². The maximum atomic E-state index is 13.7. The van der Waals surface area contributed by atoms with E-state index in [0.29, 0.717) is 28.4 Å². The van der Waals surface area contributed by atoms with Gasteiger partial charge in [-0.15, -0.1) is 0 Å². The highest BCUT2D eigenvalue weighted by Crippen LogP contribution is 2.47. The van der Waals surface area contributed by atoms with E-state index in [1.165, 1.54) is 10.0 Å². The number of nitrogens with zero attached hydrogens (tertiary/aromatic N) is 4. The fourth-order valence-corrected chi connectivity index (χ4v) is 4.23. The van der Waals surface area contributed by atoms with Crippen molar-refractivity contribution >= 4 is 34.6 Å². The molecular formula is C23H22N4O2. The predicted molar refractivity (Wildman–Crippen MR) is 115 cm³/mol. The SMILES string of the molecule is C=C(C)[C@]1([C@H]2C(=O)N(c3ccccc3)N=C2C)C(=O)N(c2ccccc2)N=C1C. The minimum Gasteiger partial charge on any atom is -0.272 e. The summed E-state index contributed by atoms with van der Waals surface area (Å²) in [5.41, 5.74) is 1.74. The van der Waals surface area contributed by atoms with Gasteiger partial charge in [-0.1, -0.05) is 48.6 Å². The van der Waals surface area contributed by atoms with Crippen LogP contribution in [0, 0.1) is 11.3 Å². The van der Waals surface area contributed by atoms with Crippen molar-refractivity contribution < 1.29 is 9.59 Å². The van der Waals surface area contributed by atoms with E-state index in [-0.39, 0.29) is 11.8 Å². The van der Waals surface area contributed by atoms with Crippen LogP contribution < -0.4 is 10.0 Å². The molecule has 2 aliphatic rings. The maximum absolute atomic E-state index is 13.7. The molecule has 2 amide bonds. The third-order valence-corrected chi connectivity index (χ3v) is 5.59. The minimum atomic E-state index is -1.26. The number of rotatable bonds is 4. The molecule has 2 aromatic rings. The van der Waals surface area contributed by atoms with Crippen LogP contribution >= 0.6 is 0 Å². The summed E-state index contributed by atoms with van der Waals surface area (Å²) >= 11 is 0. The molecule has 0 saturated carbocycles. The number of carbonyl (C=O) groups excluding carboxylic acids is 2. The molecular weight excluding hydrogens is 364 g/mol. The Balaban J connectivity index is 1.80. The van der Waals surface area contributed by atoms with Gasteiger partial charge in [-0.2, -0.15) is 15.2 Å². The zero-order chi connectivity index (χ0) is 20.8. The molecule has 0 spiro atoms. The number of benzene rings is 2. The second-order valence-corrected chi connectivity index (χ2v) is 7.39. The summed E-state index contributed by atoms with van der Waals surface area (Å²) in [6.45, 7) is 9.43. The van der Waals surface area contributed by atoms with Crippen LogP contribution in [0.25, 0.3) is 0 Å². The Bertz CT molecular complexity index is 1060. The van der Waals surface area contributed by atoms with Gasteiger partial charge >= 0.3 is 0 Å². The molecule has 146 valence electrons. The molecule has 2 heterocycles. The van der Waals surface area contributed by atoms with Crippen LogP contribution in [0.15, 0.2) is 83.0 Å². The molecule has 6 heteroatoms. The van der Waals surface area contributed by atoms with Crippen molar-refractivity contribution in [3.05, 3.63) is 72.8 Å². The first-order valence-electron chi connectivity index (χ1n) is 9.44. The van der Waals surface area contributed by atoms with Gasteiger partial charge in [0.15, 0.2) is 0 Å². The average molecular weight is 386 g/mol. The number of anilines is 2. The highest BCUT2D eigenvalue weighted by Gasteiger charge is 2.61. The van der Waals surface area contributed by atoms with Gasteiger partial charge in [0.25, 0.3) is 11.8 Å². The third kappa shape index (κ3) is 2.63. The molecule has 0 fully saturated rings. The Morgan fingerprint density at radius 2 is 1.41 bits per heavy atom. The van der Waals surface area contributed by atoms with Crippen molar-refractivity contribution in [2.24, 2.45) is 21.5 Å². The summed E-state index contributed by atoms with van der Waals surface area (Å²) in [4.78, 5) is 27.2. The second kappa shape index (κ2) is 6.81. The number of carbonyl (C=O) groups is 2. The van der Waals surface area contributed by atoms with Gasteiger partial charge in [-0.25, -0.2) is 5.01 Å². The first-order valence-corrected chi connectivity index (χ1v) is 9.44. The number of amides is 2. The fraction of sp³-hybridized carbons (Fsp3) is 0.217. The van der Waals surface area contributed by atoms with Gasteiger partial charge in [-0.3, -0.25) is 9.59 Å². The van der Waals surface area contributed by atoms with Crippen LogP contribution in [0.1, 0.15) is 20.8 Å². The molecule has 0 bridgehead atoms. The Kier molecular flexibility index (Phi) is 4.42. The Morgan fingerprint density at radius 3 is 1.93 bits per heavy atom. The summed E-state index contributed by atoms with van der Waals surface area (Å²) < 4.78 is 0. The van der Waals surface area contributed by atoms with Gasteiger partial charge in [0.1, 0.15) is 11.3 Å². The summed E-state index contributed by atoms with van der Waals surface area (Å²) in [5, 5.41) is 11.8. The molecule has 2 aliphatic heterocycles. The Hall–Kier alpha value is -3.54. The van der Waals surface area contributed by atoms with Crippen LogP contribution in [0.4, 0.5) is 11.4 Å². The molecule has 6 nitrogen and oxygen atoms in total. The van der Waals surface area contributed by atoms with Gasteiger partial charge in [0.05, 0.1) is 22.8 Å². The highest BCUT2D eigenvalue weighted by atomic mass is 16.2. The quantitative estimate of drug-likeness (QED) is 0.745. The lowest BCUT2D eigenvalue weighted by Gasteiger charge is -2.33. The van der Waals surface area contributed by atoms with E-state index in [0.717, 1.165) is 0 Å². The van der Waals surface area contributed by atoms with Crippen LogP contribution in [0.5, 0.6) is 0 Å². The largest absolute Gasteiger partial charge is 0.272 e. The van der Waals surface area contributed by atoms with E-state index in [1.54, 1.807) is 20.8 Å². The zero-order valence-electron chi connectivity index (χ0n) is 16.7. The second-order valence-electron chi connectivity index (χ2n) is 7.39. The van der Waals surface area contributed by atoms with Gasteiger partial charge in [-0.05, 0) is 45.0 Å². The molecule has 4 rings (SSSR count). The summed E-state index contributed by atoms with van der Waals surface area (Å²) in [5.74, 6) is -1.32. The molecule has 0 unspecified atom stereocenters. The number of hydrogen-bond acceptors (Lipinski definition) is 4. The number of hydrogen-bond donors (Lipinski definition) is 0. The lowest BCUT2D eigenvalue weighted by atomic mass is 9.65. The zero-order valence-corrected chi connectivity index (χ0v) is 16.7. The van der Waals surface area contributed by atoms with Crippen LogP contribution in [-0.2, 0) is 9.59 Å². The molecule has 0 saturated heterocycles. The van der Waals surface area contributed by atoms with Crippen molar-refractivity contribution in [1.29, 1.82) is 0 Å². The average Bonchev–Trinajstić information content (AvgIpc) is 3.16. The van der Waals surface area contributed by atoms with E-state index in [2.05, 4.69) is 16.8 Å². The van der Waals surface area contributed by atoms with Crippen molar-refractivity contribution in [3.63, 3.8) is 0 Å². The van der Waals surface area contributed by atoms with E-state index in [9.17, 15) is 9.59 Å². The molecule has 0 aromatic heterocycles. The topological polar surface area (TPSA) is 65.3 Å². The van der Waals surface area contributed by atoms with Gasteiger partial charge in [0, 0.05) is 0 Å². The molecule has 0 N–H and O–H groups in total. The summed E-state index contributed by atoms with van der Waals surface area (Å²) in [6.07, 6.45) is 0. The van der Waals surface area contributed by atoms with Crippen LogP contribution in [0.2, 0.25) is 0 Å². The minimum absolute atomic E-state index is 0.255. The van der Waals surface area contributed by atoms with Crippen molar-refractivity contribution in [1.82, 2.24) is 0 Å². The van der Waals surface area contributed by atoms with E-state index in [1.807, 2.05) is 60.7 Å². The Labute approximate surface area is 169 Å². The molecule has 0 radical (unpaired) electrons. The van der Waals surface area contributed by atoms with Crippen molar-refractivity contribution in [2.45, 2.75) is 20.8 Å². The van der Waals surface area contributed by atoms with Crippen molar-refractivity contribution in [3.8, 4) is 0 Å². The lowest BCUT2D eigenvalue weighted by Crippen LogP contribution is -2.51. The van der Waals surface area contributed by atoms with Crippen LogP contribution in [-0.4, -0.2) is 23.2 Å². The lowest BCUT2D eigenvalue weighted by molar-refractivity contribution is -0.129. The number of para-hydroxylation sites is 2. The fourth-order valence-electron chi connectivity index (χ4n) is 4.23. The smallest absolute Gasteiger partial charge is 0.264 e. The summed E-state index contributed by atoms with van der Waals surface area (Å²) in [6, 6.07) is 18.4. The maximum Gasteiger partial charge on any atom is 0.264 e. The molecule has 0 aliphatic carbocycles. The summed E-state index contributed by atoms with van der Waals surface area (Å²) in [7, 11) is 0. The van der Waals surface area contributed by atoms with Crippen LogP contribution in [0.3, 0.4) is 0 Å².